The molecule has 0 spiro atoms. The van der Waals surface area contributed by atoms with E-state index >= 15 is 0 Å². The molecule has 0 aromatic carbocycles. The van der Waals surface area contributed by atoms with Crippen LogP contribution in [0.2, 0.25) is 0 Å². The zero-order chi connectivity index (χ0) is 7.07. The first kappa shape index (κ1) is 7.33. The van der Waals surface area contributed by atoms with Crippen molar-refractivity contribution in [1.82, 2.24) is 0 Å². The molecule has 0 saturated carbocycles. The smallest absolute Gasteiger partial charge is 0.0167 e. The van der Waals surface area contributed by atoms with Crippen LogP contribution in [0.15, 0.2) is 36.5 Å². The van der Waals surface area contributed by atoms with Gasteiger partial charge in [-0.05, 0) is 25.7 Å². The summed E-state index contributed by atoms with van der Waals surface area (Å²) < 4.78 is 0. The quantitative estimate of drug-likeness (QED) is 0.476. The van der Waals surface area contributed by atoms with E-state index in [4.69, 9.17) is 0 Å². The van der Waals surface area contributed by atoms with Gasteiger partial charge in [0.25, 0.3) is 0 Å². The van der Waals surface area contributed by atoms with Gasteiger partial charge in [-0.2, -0.15) is 0 Å². The second kappa shape index (κ2) is 5.04. The summed E-state index contributed by atoms with van der Waals surface area (Å²) in [5, 5.41) is 0. The average molecular weight is 133 g/mol. The van der Waals surface area contributed by atoms with Gasteiger partial charge < -0.3 is 0 Å². The maximum Gasteiger partial charge on any atom is -0.0167 e. The molecule has 0 aliphatic heterocycles. The van der Waals surface area contributed by atoms with Gasteiger partial charge >= 0.3 is 0 Å². The van der Waals surface area contributed by atoms with Crippen molar-refractivity contribution in [2.45, 2.75) is 19.3 Å². The van der Waals surface area contributed by atoms with Crippen molar-refractivity contribution in [3.05, 3.63) is 42.9 Å². The van der Waals surface area contributed by atoms with Crippen molar-refractivity contribution in [2.75, 3.05) is 0 Å². The van der Waals surface area contributed by atoms with Crippen LogP contribution in [0.25, 0.3) is 0 Å². The maximum absolute atomic E-state index is 2.21. The summed E-state index contributed by atoms with van der Waals surface area (Å²) in [5.74, 6) is 0. The highest BCUT2D eigenvalue weighted by atomic mass is 13.9. The van der Waals surface area contributed by atoms with E-state index in [1.54, 1.807) is 0 Å². The molecule has 0 atom stereocenters. The third-order valence-electron chi connectivity index (χ3n) is 1.46. The van der Waals surface area contributed by atoms with Gasteiger partial charge in [0, 0.05) is 0 Å². The Morgan fingerprint density at radius 3 is 2.50 bits per heavy atom. The molecule has 1 aliphatic rings. The van der Waals surface area contributed by atoms with Crippen molar-refractivity contribution in [2.24, 2.45) is 0 Å². The molecule has 0 heteroatoms. The molecular formula is C10H13. The minimum atomic E-state index is 1.20. The molecule has 1 aliphatic carbocycles. The first-order valence-corrected chi connectivity index (χ1v) is 3.82. The third kappa shape index (κ3) is 3.29. The second-order valence-electron chi connectivity index (χ2n) is 2.36. The standard InChI is InChI=1S/C10H13/c1-2-4-6-8-10-9-7-5-3-1/h1-7H,8-10H2/b2-1-,5-3-,6-4-. The minimum absolute atomic E-state index is 1.20. The summed E-state index contributed by atoms with van der Waals surface area (Å²) in [4.78, 5) is 0. The Hall–Kier alpha value is -0.780. The van der Waals surface area contributed by atoms with E-state index in [-0.39, 0.29) is 0 Å². The molecule has 0 saturated heterocycles. The average Bonchev–Trinajstić information content (AvgIpc) is 2.01. The fourth-order valence-corrected chi connectivity index (χ4v) is 0.896. The normalized spacial score (nSPS) is 28.8. The molecule has 0 aromatic rings. The molecule has 0 aromatic heterocycles. The van der Waals surface area contributed by atoms with E-state index in [1.807, 2.05) is 0 Å². The highest BCUT2D eigenvalue weighted by molar-refractivity contribution is 5.14. The molecule has 0 nitrogen and oxygen atoms in total. The van der Waals surface area contributed by atoms with Crippen LogP contribution in [-0.4, -0.2) is 0 Å². The molecule has 0 bridgehead atoms. The van der Waals surface area contributed by atoms with E-state index in [0.717, 1.165) is 0 Å². The zero-order valence-electron chi connectivity index (χ0n) is 6.16. The van der Waals surface area contributed by atoms with Gasteiger partial charge in [-0.1, -0.05) is 36.5 Å². The van der Waals surface area contributed by atoms with Crippen molar-refractivity contribution < 1.29 is 0 Å². The number of hydrogen-bond donors (Lipinski definition) is 0. The largest absolute Gasteiger partial charge is 0.0845 e. The predicted molar refractivity (Wildman–Crippen MR) is 45.6 cm³/mol. The molecule has 10 heavy (non-hydrogen) atoms. The lowest BCUT2D eigenvalue weighted by atomic mass is 10.1. The molecule has 0 amide bonds. The summed E-state index contributed by atoms with van der Waals surface area (Å²) in [5.41, 5.74) is 0. The van der Waals surface area contributed by atoms with Crippen LogP contribution in [-0.2, 0) is 0 Å². The Bertz CT molecular complexity index is 131. The molecular weight excluding hydrogens is 120 g/mol. The van der Waals surface area contributed by atoms with E-state index in [2.05, 4.69) is 42.9 Å². The number of allylic oxidation sites excluding steroid dienone is 6. The molecule has 0 unspecified atom stereocenters. The molecule has 0 N–H and O–H groups in total. The lowest BCUT2D eigenvalue weighted by Crippen LogP contribution is -1.73. The van der Waals surface area contributed by atoms with Crippen molar-refractivity contribution in [3.8, 4) is 0 Å². The first-order valence-electron chi connectivity index (χ1n) is 3.82. The molecule has 1 rings (SSSR count). The van der Waals surface area contributed by atoms with E-state index < -0.39 is 0 Å². The second-order valence-corrected chi connectivity index (χ2v) is 2.36. The SMILES string of the molecule is [CH]1\C=C/C=C\C=C/CCC1. The van der Waals surface area contributed by atoms with Gasteiger partial charge in [-0.15, -0.1) is 0 Å². The fourth-order valence-electron chi connectivity index (χ4n) is 0.896. The Morgan fingerprint density at radius 1 is 0.700 bits per heavy atom. The highest BCUT2D eigenvalue weighted by Gasteiger charge is 1.83. The molecule has 53 valence electrons. The Labute approximate surface area is 62.9 Å². The Balaban J connectivity index is 2.40. The van der Waals surface area contributed by atoms with Gasteiger partial charge in [0.1, 0.15) is 0 Å². The van der Waals surface area contributed by atoms with Gasteiger partial charge in [-0.25, -0.2) is 0 Å². The lowest BCUT2D eigenvalue weighted by molar-refractivity contribution is 0.842. The van der Waals surface area contributed by atoms with Gasteiger partial charge in [0.2, 0.25) is 0 Å². The van der Waals surface area contributed by atoms with Crippen LogP contribution in [0.1, 0.15) is 19.3 Å². The van der Waals surface area contributed by atoms with Crippen molar-refractivity contribution >= 4 is 0 Å². The van der Waals surface area contributed by atoms with E-state index in [0.29, 0.717) is 0 Å². The Kier molecular flexibility index (Phi) is 3.69. The van der Waals surface area contributed by atoms with Crippen LogP contribution in [0.4, 0.5) is 0 Å². The Morgan fingerprint density at radius 2 is 1.50 bits per heavy atom. The van der Waals surface area contributed by atoms with Crippen LogP contribution >= 0.6 is 0 Å². The monoisotopic (exact) mass is 133 g/mol. The summed E-state index contributed by atoms with van der Waals surface area (Å²) in [6, 6.07) is 0. The minimum Gasteiger partial charge on any atom is -0.0845 e. The van der Waals surface area contributed by atoms with Crippen molar-refractivity contribution in [3.63, 3.8) is 0 Å². The van der Waals surface area contributed by atoms with Crippen LogP contribution < -0.4 is 0 Å². The van der Waals surface area contributed by atoms with E-state index in [9.17, 15) is 0 Å². The summed E-state index contributed by atoms with van der Waals surface area (Å²) >= 11 is 0. The van der Waals surface area contributed by atoms with Crippen LogP contribution in [0.5, 0.6) is 0 Å². The van der Waals surface area contributed by atoms with Crippen LogP contribution in [0.3, 0.4) is 0 Å². The van der Waals surface area contributed by atoms with Gasteiger partial charge in [0.15, 0.2) is 0 Å². The fraction of sp³-hybridized carbons (Fsp3) is 0.300. The van der Waals surface area contributed by atoms with Crippen molar-refractivity contribution in [1.29, 1.82) is 0 Å². The first-order chi connectivity index (χ1) is 5.00. The third-order valence-corrected chi connectivity index (χ3v) is 1.46. The van der Waals surface area contributed by atoms with Gasteiger partial charge in [-0.3, -0.25) is 0 Å². The molecule has 0 fully saturated rings. The summed E-state index contributed by atoms with van der Waals surface area (Å²) in [6.45, 7) is 0. The van der Waals surface area contributed by atoms with Gasteiger partial charge in [0.05, 0.1) is 0 Å². The highest BCUT2D eigenvalue weighted by Crippen LogP contribution is 2.02. The lowest BCUT2D eigenvalue weighted by Gasteiger charge is -1.92. The van der Waals surface area contributed by atoms with E-state index in [1.165, 1.54) is 19.3 Å². The summed E-state index contributed by atoms with van der Waals surface area (Å²) in [6.07, 6.45) is 18.5. The number of rotatable bonds is 0. The predicted octanol–water partition coefficient (Wildman–Crippen LogP) is 3.04. The number of hydrogen-bond acceptors (Lipinski definition) is 0. The molecule has 1 radical (unpaired) electrons. The topological polar surface area (TPSA) is 0 Å². The van der Waals surface area contributed by atoms with Crippen LogP contribution in [0, 0.1) is 6.42 Å². The summed E-state index contributed by atoms with van der Waals surface area (Å²) in [7, 11) is 0. The maximum atomic E-state index is 2.21. The molecule has 0 heterocycles. The zero-order valence-corrected chi connectivity index (χ0v) is 6.16.